The number of piperidine rings is 1. The number of hydrogen-bond donors (Lipinski definition) is 0. The second kappa shape index (κ2) is 8.99. The van der Waals surface area contributed by atoms with Gasteiger partial charge in [0.15, 0.2) is 11.4 Å². The molecule has 0 aliphatic carbocycles. The molecule has 1 spiro atoms. The molecule has 1 aromatic carbocycles. The number of nitrogens with zero attached hydrogens (tertiary/aromatic N) is 2. The summed E-state index contributed by atoms with van der Waals surface area (Å²) >= 11 is 5.79. The maximum absolute atomic E-state index is 14.3. The first kappa shape index (κ1) is 23.6. The molecule has 4 rings (SSSR count). The van der Waals surface area contributed by atoms with Gasteiger partial charge in [0.05, 0.1) is 22.5 Å². The zero-order chi connectivity index (χ0) is 23.9. The lowest BCUT2D eigenvalue weighted by Crippen LogP contribution is -2.52. The van der Waals surface area contributed by atoms with Crippen LogP contribution in [0.2, 0.25) is 5.02 Å². The third-order valence-corrected chi connectivity index (χ3v) is 6.74. The van der Waals surface area contributed by atoms with Gasteiger partial charge in [0.1, 0.15) is 12.1 Å². The van der Waals surface area contributed by atoms with Crippen LogP contribution >= 0.6 is 11.6 Å². The van der Waals surface area contributed by atoms with E-state index in [0.29, 0.717) is 18.4 Å². The number of benzene rings is 1. The van der Waals surface area contributed by atoms with E-state index in [-0.39, 0.29) is 42.4 Å². The number of carbonyl (C=O) groups excluding carboxylic acids is 2. The summed E-state index contributed by atoms with van der Waals surface area (Å²) in [5, 5.41) is -0.127. The van der Waals surface area contributed by atoms with Crippen molar-refractivity contribution in [3.05, 3.63) is 70.6 Å². The Morgan fingerprint density at radius 3 is 2.61 bits per heavy atom. The number of hydrogen-bond acceptors (Lipinski definition) is 3. The van der Waals surface area contributed by atoms with E-state index >= 15 is 0 Å². The topological polar surface area (TPSA) is 49.9 Å². The Labute approximate surface area is 195 Å². The molecule has 2 atom stereocenters. The van der Waals surface area contributed by atoms with Crippen LogP contribution in [0.4, 0.5) is 13.2 Å². The van der Waals surface area contributed by atoms with Gasteiger partial charge in [0, 0.05) is 32.0 Å². The van der Waals surface area contributed by atoms with Gasteiger partial charge >= 0.3 is 0 Å². The molecule has 0 radical (unpaired) electrons. The molecule has 0 bridgehead atoms. The molecular formula is C24H24ClF3N2O3. The standard InChI is InChI=1S/C24H24ClF3N2O3/c1-14(12-16(27)13-15(2)26)19-6-7-20-30(19)23(32)24(33-20)8-10-29(11-9-24)22(31)17-4-3-5-18(25)21(17)28/h3-5,12-13,19-20H,1,6-11H2,2H3/b15-13+,16-12+/t19-,20+/m0/s1. The van der Waals surface area contributed by atoms with Gasteiger partial charge in [-0.2, -0.15) is 0 Å². The van der Waals surface area contributed by atoms with Gasteiger partial charge < -0.3 is 14.5 Å². The molecule has 5 nitrogen and oxygen atoms in total. The molecule has 2 amide bonds. The van der Waals surface area contributed by atoms with E-state index in [1.54, 1.807) is 4.90 Å². The lowest BCUT2D eigenvalue weighted by atomic mass is 9.89. The molecule has 3 aliphatic heterocycles. The van der Waals surface area contributed by atoms with Gasteiger partial charge in [-0.3, -0.25) is 9.59 Å². The fourth-order valence-electron chi connectivity index (χ4n) is 4.82. The van der Waals surface area contributed by atoms with Crippen LogP contribution in [0, 0.1) is 5.82 Å². The largest absolute Gasteiger partial charge is 0.342 e. The highest BCUT2D eigenvalue weighted by Crippen LogP contribution is 2.44. The quantitative estimate of drug-likeness (QED) is 0.564. The van der Waals surface area contributed by atoms with Gasteiger partial charge in [-0.25, -0.2) is 13.2 Å². The number of carbonyl (C=O) groups is 2. The Bertz CT molecular complexity index is 1060. The summed E-state index contributed by atoms with van der Waals surface area (Å²) in [4.78, 5) is 29.2. The van der Waals surface area contributed by atoms with Gasteiger partial charge in [0.2, 0.25) is 0 Å². The van der Waals surface area contributed by atoms with Crippen LogP contribution in [0.3, 0.4) is 0 Å². The van der Waals surface area contributed by atoms with Crippen molar-refractivity contribution in [2.75, 3.05) is 13.1 Å². The normalized spacial score (nSPS) is 25.1. The van der Waals surface area contributed by atoms with Gasteiger partial charge in [-0.1, -0.05) is 24.2 Å². The second-order valence-electron chi connectivity index (χ2n) is 8.60. The third-order valence-electron chi connectivity index (χ3n) is 6.45. The van der Waals surface area contributed by atoms with Crippen LogP contribution in [0.25, 0.3) is 0 Å². The molecule has 1 aromatic rings. The summed E-state index contributed by atoms with van der Waals surface area (Å²) in [6, 6.07) is 3.82. The highest BCUT2D eigenvalue weighted by Gasteiger charge is 2.58. The smallest absolute Gasteiger partial charge is 0.257 e. The fourth-order valence-corrected chi connectivity index (χ4v) is 5.00. The molecule has 3 aliphatic rings. The molecule has 33 heavy (non-hydrogen) atoms. The minimum Gasteiger partial charge on any atom is -0.342 e. The Hall–Kier alpha value is -2.58. The molecule has 3 fully saturated rings. The molecular weight excluding hydrogens is 457 g/mol. The Morgan fingerprint density at radius 2 is 1.94 bits per heavy atom. The number of halogens is 4. The van der Waals surface area contributed by atoms with Crippen molar-refractivity contribution in [1.29, 1.82) is 0 Å². The molecule has 3 saturated heterocycles. The van der Waals surface area contributed by atoms with E-state index in [4.69, 9.17) is 16.3 Å². The van der Waals surface area contributed by atoms with E-state index < -0.39 is 41.2 Å². The molecule has 0 aromatic heterocycles. The van der Waals surface area contributed by atoms with E-state index in [1.807, 2.05) is 0 Å². The summed E-state index contributed by atoms with van der Waals surface area (Å²) in [7, 11) is 0. The first-order chi connectivity index (χ1) is 15.6. The lowest BCUT2D eigenvalue weighted by molar-refractivity contribution is -0.142. The zero-order valence-electron chi connectivity index (χ0n) is 18.1. The monoisotopic (exact) mass is 480 g/mol. The van der Waals surface area contributed by atoms with Crippen molar-refractivity contribution in [2.45, 2.75) is 50.5 Å². The summed E-state index contributed by atoms with van der Waals surface area (Å²) < 4.78 is 47.3. The van der Waals surface area contributed by atoms with Crippen LogP contribution in [0.15, 0.2) is 54.2 Å². The Balaban J connectivity index is 1.45. The number of rotatable bonds is 4. The van der Waals surface area contributed by atoms with E-state index in [1.165, 1.54) is 23.1 Å². The van der Waals surface area contributed by atoms with Crippen molar-refractivity contribution >= 4 is 23.4 Å². The van der Waals surface area contributed by atoms with Crippen molar-refractivity contribution in [3.63, 3.8) is 0 Å². The zero-order valence-corrected chi connectivity index (χ0v) is 18.9. The average molecular weight is 481 g/mol. The van der Waals surface area contributed by atoms with Crippen LogP contribution < -0.4 is 0 Å². The van der Waals surface area contributed by atoms with E-state index in [0.717, 1.165) is 19.1 Å². The van der Waals surface area contributed by atoms with Crippen LogP contribution in [-0.4, -0.2) is 52.6 Å². The molecule has 9 heteroatoms. The van der Waals surface area contributed by atoms with E-state index in [2.05, 4.69) is 6.58 Å². The summed E-state index contributed by atoms with van der Waals surface area (Å²) in [5.41, 5.74) is -0.823. The molecule has 0 N–H and O–H groups in total. The Morgan fingerprint density at radius 1 is 1.24 bits per heavy atom. The number of ether oxygens (including phenoxy) is 1. The number of amides is 2. The predicted molar refractivity (Wildman–Crippen MR) is 117 cm³/mol. The molecule has 176 valence electrons. The molecule has 3 heterocycles. The number of fused-ring (bicyclic) bond motifs is 1. The van der Waals surface area contributed by atoms with E-state index in [9.17, 15) is 22.8 Å². The highest BCUT2D eigenvalue weighted by atomic mass is 35.5. The van der Waals surface area contributed by atoms with Gasteiger partial charge in [-0.05, 0) is 43.5 Å². The fraction of sp³-hybridized carbons (Fsp3) is 0.417. The summed E-state index contributed by atoms with van der Waals surface area (Å²) in [5.74, 6) is -2.91. The minimum absolute atomic E-state index is 0.111. The van der Waals surface area contributed by atoms with Crippen LogP contribution in [0.1, 0.15) is 43.0 Å². The first-order valence-corrected chi connectivity index (χ1v) is 11.1. The average Bonchev–Trinajstić information content (AvgIpc) is 3.28. The minimum atomic E-state index is -1.08. The number of allylic oxidation sites excluding steroid dienone is 3. The van der Waals surface area contributed by atoms with Crippen molar-refractivity contribution < 1.29 is 27.5 Å². The number of likely N-dealkylation sites (tertiary alicyclic amines) is 1. The lowest BCUT2D eigenvalue weighted by Gasteiger charge is -2.37. The van der Waals surface area contributed by atoms with Gasteiger partial charge in [0.25, 0.3) is 11.8 Å². The van der Waals surface area contributed by atoms with Crippen molar-refractivity contribution in [1.82, 2.24) is 9.80 Å². The summed E-state index contributed by atoms with van der Waals surface area (Å²) in [6.45, 7) is 5.46. The molecule has 0 saturated carbocycles. The maximum Gasteiger partial charge on any atom is 0.257 e. The summed E-state index contributed by atoms with van der Waals surface area (Å²) in [6.07, 6.45) is 3.10. The second-order valence-corrected chi connectivity index (χ2v) is 9.01. The third kappa shape index (κ3) is 4.34. The highest BCUT2D eigenvalue weighted by molar-refractivity contribution is 6.31. The van der Waals surface area contributed by atoms with Gasteiger partial charge in [-0.15, -0.1) is 0 Å². The van der Waals surface area contributed by atoms with Crippen LogP contribution in [0.5, 0.6) is 0 Å². The Kier molecular flexibility index (Phi) is 6.42. The first-order valence-electron chi connectivity index (χ1n) is 10.8. The maximum atomic E-state index is 14.3. The van der Waals surface area contributed by atoms with Crippen molar-refractivity contribution in [3.8, 4) is 0 Å². The molecule has 0 unspecified atom stereocenters. The predicted octanol–water partition coefficient (Wildman–Crippen LogP) is 5.08. The van der Waals surface area contributed by atoms with Crippen molar-refractivity contribution in [2.24, 2.45) is 0 Å². The van der Waals surface area contributed by atoms with Crippen LogP contribution in [-0.2, 0) is 9.53 Å². The SMILES string of the molecule is C=C(/C=C(F)\C=C(/C)F)[C@@H]1CC[C@H]2OC3(CCN(C(=O)c4cccc(Cl)c4F)CC3)C(=O)N21.